The van der Waals surface area contributed by atoms with E-state index in [0.717, 1.165) is 0 Å². The number of sulfonamides is 1. The summed E-state index contributed by atoms with van der Waals surface area (Å²) in [6.07, 6.45) is 2.42. The largest absolute Gasteiger partial charge is 0.285 e. The maximum Gasteiger partial charge on any atom is 0.268 e. The number of para-hydroxylation sites is 1. The molecular weight excluding hydrogens is 408 g/mol. The van der Waals surface area contributed by atoms with Gasteiger partial charge in [0, 0.05) is 17.6 Å². The van der Waals surface area contributed by atoms with Crippen molar-refractivity contribution in [3.63, 3.8) is 0 Å². The minimum absolute atomic E-state index is 0.0991. The highest BCUT2D eigenvalue weighted by Crippen LogP contribution is 2.29. The normalized spacial score (nSPS) is 11.7. The summed E-state index contributed by atoms with van der Waals surface area (Å²) in [6.45, 7) is 2.05. The Hall–Kier alpha value is -2.90. The molecule has 0 bridgehead atoms. The highest BCUT2D eigenvalue weighted by Gasteiger charge is 2.29. The van der Waals surface area contributed by atoms with E-state index in [1.807, 2.05) is 31.2 Å². The number of anilines is 1. The SMILES string of the molecule is CCc1nnc2c(S(=O)(=O)N(Cc3ccccc3Cl)c3ccccc3)cccn12. The van der Waals surface area contributed by atoms with Gasteiger partial charge in [0.05, 0.1) is 12.2 Å². The number of halogens is 1. The Balaban J connectivity index is 1.88. The number of nitrogens with zero attached hydrogens (tertiary/aromatic N) is 4. The second-order valence-corrected chi connectivity index (χ2v) is 8.71. The molecule has 0 aliphatic rings. The number of aromatic nitrogens is 3. The van der Waals surface area contributed by atoms with Crippen LogP contribution < -0.4 is 4.31 Å². The number of aryl methyl sites for hydroxylation is 1. The first-order valence-electron chi connectivity index (χ1n) is 9.16. The fraction of sp³-hybridized carbons (Fsp3) is 0.143. The second-order valence-electron chi connectivity index (χ2n) is 6.47. The van der Waals surface area contributed by atoms with E-state index >= 15 is 0 Å². The smallest absolute Gasteiger partial charge is 0.268 e. The van der Waals surface area contributed by atoms with Crippen LogP contribution in [0.4, 0.5) is 5.69 Å². The van der Waals surface area contributed by atoms with E-state index in [1.54, 1.807) is 53.1 Å². The topological polar surface area (TPSA) is 67.6 Å². The fourth-order valence-corrected chi connectivity index (χ4v) is 4.95. The molecule has 0 radical (unpaired) electrons. The number of fused-ring (bicyclic) bond motifs is 1. The van der Waals surface area contributed by atoms with Crippen LogP contribution in [0.5, 0.6) is 0 Å². The van der Waals surface area contributed by atoms with Crippen molar-refractivity contribution in [1.82, 2.24) is 14.6 Å². The van der Waals surface area contributed by atoms with E-state index in [-0.39, 0.29) is 11.4 Å². The van der Waals surface area contributed by atoms with Crippen molar-refractivity contribution in [2.24, 2.45) is 0 Å². The van der Waals surface area contributed by atoms with Crippen molar-refractivity contribution in [2.45, 2.75) is 24.8 Å². The van der Waals surface area contributed by atoms with Crippen LogP contribution in [0.15, 0.2) is 77.8 Å². The molecule has 8 heteroatoms. The van der Waals surface area contributed by atoms with Crippen LogP contribution in [-0.4, -0.2) is 23.0 Å². The summed E-state index contributed by atoms with van der Waals surface area (Å²) in [4.78, 5) is 0.100. The van der Waals surface area contributed by atoms with Gasteiger partial charge in [0.1, 0.15) is 10.7 Å². The average molecular weight is 427 g/mol. The zero-order valence-electron chi connectivity index (χ0n) is 15.7. The molecule has 0 atom stereocenters. The lowest BCUT2D eigenvalue weighted by Gasteiger charge is -2.25. The van der Waals surface area contributed by atoms with Gasteiger partial charge in [-0.15, -0.1) is 10.2 Å². The zero-order valence-corrected chi connectivity index (χ0v) is 17.3. The molecule has 2 aromatic heterocycles. The Morgan fingerprint density at radius 2 is 1.69 bits per heavy atom. The van der Waals surface area contributed by atoms with E-state index in [9.17, 15) is 8.42 Å². The van der Waals surface area contributed by atoms with Gasteiger partial charge in [-0.2, -0.15) is 0 Å². The van der Waals surface area contributed by atoms with Crippen molar-refractivity contribution in [2.75, 3.05) is 4.31 Å². The minimum Gasteiger partial charge on any atom is -0.285 e. The third kappa shape index (κ3) is 3.59. The van der Waals surface area contributed by atoms with Crippen LogP contribution >= 0.6 is 11.6 Å². The molecule has 0 saturated heterocycles. The van der Waals surface area contributed by atoms with Gasteiger partial charge < -0.3 is 0 Å². The molecule has 4 aromatic rings. The first kappa shape index (κ1) is 19.4. The van der Waals surface area contributed by atoms with Gasteiger partial charge in [-0.3, -0.25) is 8.71 Å². The Kier molecular flexibility index (Phi) is 5.25. The van der Waals surface area contributed by atoms with Gasteiger partial charge in [0.2, 0.25) is 0 Å². The van der Waals surface area contributed by atoms with Gasteiger partial charge in [-0.1, -0.05) is 54.9 Å². The highest BCUT2D eigenvalue weighted by molar-refractivity contribution is 7.93. The number of hydrogen-bond donors (Lipinski definition) is 0. The van der Waals surface area contributed by atoms with Crippen molar-refractivity contribution in [3.8, 4) is 0 Å². The quantitative estimate of drug-likeness (QED) is 0.460. The van der Waals surface area contributed by atoms with Gasteiger partial charge in [0.15, 0.2) is 5.65 Å². The summed E-state index contributed by atoms with van der Waals surface area (Å²) in [6, 6.07) is 19.4. The first-order chi connectivity index (χ1) is 14.0. The summed E-state index contributed by atoms with van der Waals surface area (Å²) in [5.74, 6) is 0.703. The predicted octanol–water partition coefficient (Wildman–Crippen LogP) is 4.34. The molecule has 29 heavy (non-hydrogen) atoms. The monoisotopic (exact) mass is 426 g/mol. The summed E-state index contributed by atoms with van der Waals surface area (Å²) < 4.78 is 30.6. The lowest BCUT2D eigenvalue weighted by atomic mass is 10.2. The van der Waals surface area contributed by atoms with Crippen molar-refractivity contribution in [1.29, 1.82) is 0 Å². The minimum atomic E-state index is -3.94. The summed E-state index contributed by atoms with van der Waals surface area (Å²) in [5.41, 5.74) is 1.57. The summed E-state index contributed by atoms with van der Waals surface area (Å²) >= 11 is 6.32. The maximum atomic E-state index is 13.8. The van der Waals surface area contributed by atoms with Gasteiger partial charge in [0.25, 0.3) is 10.0 Å². The van der Waals surface area contributed by atoms with Crippen LogP contribution in [-0.2, 0) is 23.0 Å². The molecule has 6 nitrogen and oxygen atoms in total. The second kappa shape index (κ2) is 7.85. The molecule has 4 rings (SSSR count). The lowest BCUT2D eigenvalue weighted by Crippen LogP contribution is -2.31. The number of hydrogen-bond acceptors (Lipinski definition) is 4. The molecule has 0 N–H and O–H groups in total. The molecule has 148 valence electrons. The standard InChI is InChI=1S/C21H19ClN4O2S/c1-2-20-23-24-21-19(13-8-14-25(20)21)29(27,28)26(17-10-4-3-5-11-17)15-16-9-6-7-12-18(16)22/h3-14H,2,15H2,1H3. The Bertz CT molecular complexity index is 1260. The fourth-order valence-electron chi connectivity index (χ4n) is 3.19. The average Bonchev–Trinajstić information content (AvgIpc) is 3.17. The molecule has 2 aromatic carbocycles. The van der Waals surface area contributed by atoms with E-state index in [0.29, 0.717) is 34.2 Å². The molecule has 0 saturated carbocycles. The van der Waals surface area contributed by atoms with Crippen molar-refractivity contribution >= 4 is 33.0 Å². The molecule has 0 aliphatic heterocycles. The third-order valence-electron chi connectivity index (χ3n) is 4.67. The third-order valence-corrected chi connectivity index (χ3v) is 6.83. The number of pyridine rings is 1. The van der Waals surface area contributed by atoms with Crippen LogP contribution in [0.3, 0.4) is 0 Å². The highest BCUT2D eigenvalue weighted by atomic mass is 35.5. The van der Waals surface area contributed by atoms with Crippen molar-refractivity contribution in [3.05, 3.63) is 89.3 Å². The van der Waals surface area contributed by atoms with Crippen LogP contribution in [0.25, 0.3) is 5.65 Å². The zero-order chi connectivity index (χ0) is 20.4. The van der Waals surface area contributed by atoms with E-state index in [4.69, 9.17) is 11.6 Å². The van der Waals surface area contributed by atoms with Gasteiger partial charge in [-0.05, 0) is 35.9 Å². The molecule has 2 heterocycles. The molecular formula is C21H19ClN4O2S. The van der Waals surface area contributed by atoms with E-state index in [1.165, 1.54) is 4.31 Å². The Morgan fingerprint density at radius 1 is 0.966 bits per heavy atom. The van der Waals surface area contributed by atoms with E-state index in [2.05, 4.69) is 10.2 Å². The summed E-state index contributed by atoms with van der Waals surface area (Å²) in [5, 5.41) is 8.78. The molecule has 0 fully saturated rings. The Morgan fingerprint density at radius 3 is 2.41 bits per heavy atom. The van der Waals surface area contributed by atoms with Crippen LogP contribution in [0.2, 0.25) is 5.02 Å². The van der Waals surface area contributed by atoms with Crippen molar-refractivity contribution < 1.29 is 8.42 Å². The number of benzene rings is 2. The molecule has 0 unspecified atom stereocenters. The maximum absolute atomic E-state index is 13.8. The lowest BCUT2D eigenvalue weighted by molar-refractivity contribution is 0.590. The van der Waals surface area contributed by atoms with Crippen LogP contribution in [0, 0.1) is 0 Å². The number of rotatable bonds is 6. The Labute approximate surface area is 174 Å². The van der Waals surface area contributed by atoms with Crippen LogP contribution in [0.1, 0.15) is 18.3 Å². The summed E-state index contributed by atoms with van der Waals surface area (Å²) in [7, 11) is -3.94. The first-order valence-corrected chi connectivity index (χ1v) is 11.0. The molecule has 0 spiro atoms. The molecule has 0 aliphatic carbocycles. The molecule has 0 amide bonds. The van der Waals surface area contributed by atoms with Gasteiger partial charge >= 0.3 is 0 Å². The predicted molar refractivity (Wildman–Crippen MR) is 114 cm³/mol. The van der Waals surface area contributed by atoms with E-state index < -0.39 is 10.0 Å². The van der Waals surface area contributed by atoms with Gasteiger partial charge in [-0.25, -0.2) is 8.42 Å².